The molecule has 4 rings (SSSR count). The van der Waals surface area contributed by atoms with Gasteiger partial charge in [-0.05, 0) is 39.7 Å². The van der Waals surface area contributed by atoms with Gasteiger partial charge in [0.1, 0.15) is 5.75 Å². The van der Waals surface area contributed by atoms with E-state index < -0.39 is 76.4 Å². The van der Waals surface area contributed by atoms with Crippen LogP contribution in [0.5, 0.6) is 5.75 Å². The summed E-state index contributed by atoms with van der Waals surface area (Å²) in [5, 5.41) is 34.1. The number of benzene rings is 1. The van der Waals surface area contributed by atoms with Crippen molar-refractivity contribution in [1.82, 2.24) is 9.80 Å². The molecule has 1 aromatic carbocycles. The van der Waals surface area contributed by atoms with E-state index in [1.54, 1.807) is 38.1 Å². The van der Waals surface area contributed by atoms with Crippen molar-refractivity contribution in [1.29, 1.82) is 0 Å². The van der Waals surface area contributed by atoms with Crippen molar-refractivity contribution in [2.24, 2.45) is 29.4 Å². The van der Waals surface area contributed by atoms with Gasteiger partial charge in [-0.15, -0.1) is 0 Å². The summed E-state index contributed by atoms with van der Waals surface area (Å²) in [6.45, 7) is 1.99. The molecular weight excluding hydrogens is 470 g/mol. The summed E-state index contributed by atoms with van der Waals surface area (Å²) >= 11 is 0. The van der Waals surface area contributed by atoms with Crippen LogP contribution in [-0.2, 0) is 25.7 Å². The van der Waals surface area contributed by atoms with Crippen LogP contribution in [0, 0.1) is 23.7 Å². The molecule has 1 amide bonds. The van der Waals surface area contributed by atoms with Gasteiger partial charge in [0, 0.05) is 18.0 Å². The first-order valence-corrected chi connectivity index (χ1v) is 11.7. The number of carbonyl (C=O) groups is 5. The van der Waals surface area contributed by atoms with Crippen LogP contribution in [0.1, 0.15) is 34.3 Å². The van der Waals surface area contributed by atoms with Gasteiger partial charge in [0.2, 0.25) is 5.91 Å². The lowest BCUT2D eigenvalue weighted by molar-refractivity contribution is -0.196. The number of phenolic OH excluding ortho intramolecular Hbond substituents is 1. The molecule has 194 valence electrons. The third-order valence-electron chi connectivity index (χ3n) is 8.06. The Morgan fingerprint density at radius 1 is 1.08 bits per heavy atom. The van der Waals surface area contributed by atoms with E-state index in [4.69, 9.17) is 5.73 Å². The maximum absolute atomic E-state index is 13.9. The van der Waals surface area contributed by atoms with Crippen molar-refractivity contribution in [2.75, 3.05) is 28.2 Å². The van der Waals surface area contributed by atoms with Gasteiger partial charge in [0.15, 0.2) is 34.7 Å². The van der Waals surface area contributed by atoms with E-state index in [9.17, 15) is 39.3 Å². The number of phenols is 1. The summed E-state index contributed by atoms with van der Waals surface area (Å²) < 4.78 is 0. The highest BCUT2D eigenvalue weighted by Crippen LogP contribution is 2.54. The highest BCUT2D eigenvalue weighted by atomic mass is 16.3. The van der Waals surface area contributed by atoms with Gasteiger partial charge in [0.25, 0.3) is 0 Å². The minimum atomic E-state index is -2.99. The van der Waals surface area contributed by atoms with E-state index in [2.05, 4.69) is 0 Å². The number of likely N-dealkylation sites (N-methyl/N-ethyl adjacent to an activating group) is 1. The van der Waals surface area contributed by atoms with Gasteiger partial charge in [-0.1, -0.05) is 19.1 Å². The molecule has 0 bridgehead atoms. The Morgan fingerprint density at radius 2 is 1.69 bits per heavy atom. The fourth-order valence-electron chi connectivity index (χ4n) is 6.50. The zero-order chi connectivity index (χ0) is 27.0. The van der Waals surface area contributed by atoms with E-state index in [0.717, 1.165) is 0 Å². The van der Waals surface area contributed by atoms with Crippen molar-refractivity contribution in [2.45, 2.75) is 37.1 Å². The number of aliphatic hydroxyl groups is 2. The number of nitrogens with two attached hydrogens (primary N) is 1. The van der Waals surface area contributed by atoms with Gasteiger partial charge in [-0.3, -0.25) is 28.9 Å². The van der Waals surface area contributed by atoms with Crippen LogP contribution >= 0.6 is 0 Å². The largest absolute Gasteiger partial charge is 0.507 e. The molecule has 3 aliphatic rings. The topological polar surface area (TPSA) is 179 Å². The highest BCUT2D eigenvalue weighted by molar-refractivity contribution is 6.32. The van der Waals surface area contributed by atoms with Gasteiger partial charge in [-0.2, -0.15) is 0 Å². The van der Waals surface area contributed by atoms with Gasteiger partial charge >= 0.3 is 0 Å². The van der Waals surface area contributed by atoms with Crippen molar-refractivity contribution in [3.63, 3.8) is 0 Å². The minimum Gasteiger partial charge on any atom is -0.507 e. The van der Waals surface area contributed by atoms with E-state index >= 15 is 0 Å². The molecule has 2 fully saturated rings. The summed E-state index contributed by atoms with van der Waals surface area (Å²) in [6, 6.07) is 1.94. The first-order valence-electron chi connectivity index (χ1n) is 11.7. The standard InChI is InChI=1S/C25H31N3O8/c1-9-11-7-6-10(8-27(2)3)18(29)13(11)19(30)14-12(9)20(31)16-17(28(4)5)21(32)15(24(26)35)23(34)25(16,36)22(14)33/h6-7,9,12,14-17,20,29,31,36H,8H2,1-5H3,(H2,26,35)/t9-,12+,14?,15?,16+,17-,20-,25-/m0/s1. The minimum absolute atomic E-state index is 0.0966. The molecule has 36 heavy (non-hydrogen) atoms. The van der Waals surface area contributed by atoms with Crippen LogP contribution in [0.3, 0.4) is 0 Å². The van der Waals surface area contributed by atoms with Crippen molar-refractivity contribution < 1.29 is 39.3 Å². The summed E-state index contributed by atoms with van der Waals surface area (Å²) in [6.07, 6.45) is -1.64. The van der Waals surface area contributed by atoms with Crippen molar-refractivity contribution >= 4 is 29.0 Å². The molecule has 0 heterocycles. The lowest BCUT2D eigenvalue weighted by atomic mass is 9.49. The Bertz CT molecular complexity index is 1190. The van der Waals surface area contributed by atoms with Gasteiger partial charge in [-0.25, -0.2) is 0 Å². The first kappa shape index (κ1) is 26.1. The molecule has 0 spiro atoms. The zero-order valence-electron chi connectivity index (χ0n) is 20.8. The Morgan fingerprint density at radius 3 is 2.22 bits per heavy atom. The van der Waals surface area contributed by atoms with E-state index in [1.807, 2.05) is 0 Å². The number of carbonyl (C=O) groups excluding carboxylic acids is 5. The van der Waals surface area contributed by atoms with Crippen molar-refractivity contribution in [3.05, 3.63) is 28.8 Å². The van der Waals surface area contributed by atoms with Gasteiger partial charge in [0.05, 0.1) is 29.5 Å². The lowest BCUT2D eigenvalue weighted by Gasteiger charge is -2.56. The average molecular weight is 502 g/mol. The molecule has 2 unspecified atom stereocenters. The number of aliphatic hydroxyl groups excluding tert-OH is 1. The van der Waals surface area contributed by atoms with Crippen LogP contribution < -0.4 is 5.73 Å². The molecule has 0 saturated heterocycles. The summed E-state index contributed by atoms with van der Waals surface area (Å²) in [4.78, 5) is 69.2. The fourth-order valence-corrected chi connectivity index (χ4v) is 6.50. The first-order chi connectivity index (χ1) is 16.7. The quantitative estimate of drug-likeness (QED) is 0.353. The maximum Gasteiger partial charge on any atom is 0.235 e. The number of aromatic hydroxyl groups is 1. The number of hydrogen-bond acceptors (Lipinski definition) is 10. The Kier molecular flexibility index (Phi) is 6.19. The molecule has 11 heteroatoms. The summed E-state index contributed by atoms with van der Waals surface area (Å²) in [7, 11) is 6.47. The SMILES string of the molecule is C[C@H]1c2ccc(CN(C)C)c(O)c2C(=O)C2C(=O)[C@]3(O)C(=O)C(C(N)=O)C(=O)[C@@H](N(C)C)[C@@H]3[C@@H](O)[C@@H]21. The molecule has 5 N–H and O–H groups in total. The summed E-state index contributed by atoms with van der Waals surface area (Å²) in [5.41, 5.74) is 3.08. The Hall–Kier alpha value is -2.99. The second-order valence-electron chi connectivity index (χ2n) is 10.6. The smallest absolute Gasteiger partial charge is 0.235 e. The predicted octanol–water partition coefficient (Wildman–Crippen LogP) is -1.54. The van der Waals surface area contributed by atoms with Crippen LogP contribution in [0.4, 0.5) is 0 Å². The molecule has 2 saturated carbocycles. The number of amides is 1. The van der Waals surface area contributed by atoms with E-state index in [1.165, 1.54) is 19.0 Å². The van der Waals surface area contributed by atoms with E-state index in [0.29, 0.717) is 17.7 Å². The average Bonchev–Trinajstić information content (AvgIpc) is 2.77. The maximum atomic E-state index is 13.9. The number of rotatable bonds is 4. The van der Waals surface area contributed by atoms with Crippen LogP contribution in [0.15, 0.2) is 12.1 Å². The fraction of sp³-hybridized carbons (Fsp3) is 0.560. The molecule has 3 aliphatic carbocycles. The monoisotopic (exact) mass is 501 g/mol. The van der Waals surface area contributed by atoms with Crippen LogP contribution in [0.25, 0.3) is 0 Å². The predicted molar refractivity (Wildman–Crippen MR) is 125 cm³/mol. The lowest BCUT2D eigenvalue weighted by Crippen LogP contribution is -2.77. The van der Waals surface area contributed by atoms with Gasteiger partial charge < -0.3 is 26.0 Å². The Labute approximate surface area is 207 Å². The number of primary amides is 1. The molecule has 8 atom stereocenters. The second-order valence-corrected chi connectivity index (χ2v) is 10.6. The normalized spacial score (nSPS) is 36.1. The molecule has 1 aromatic rings. The van der Waals surface area contributed by atoms with E-state index in [-0.39, 0.29) is 11.3 Å². The Balaban J connectivity index is 1.93. The molecule has 0 radical (unpaired) electrons. The molecule has 0 aliphatic heterocycles. The highest BCUT2D eigenvalue weighted by Gasteiger charge is 2.72. The zero-order valence-corrected chi connectivity index (χ0v) is 20.8. The number of Topliss-reactive ketones (excluding diaryl/α,β-unsaturated/α-hetero) is 4. The summed E-state index contributed by atoms with van der Waals surface area (Å²) in [5.74, 6) is -13.1. The number of hydrogen-bond donors (Lipinski definition) is 4. The van der Waals surface area contributed by atoms with Crippen LogP contribution in [-0.4, -0.2) is 100 Å². The third-order valence-corrected chi connectivity index (χ3v) is 8.06. The molecule has 0 aromatic heterocycles. The van der Waals surface area contributed by atoms with Crippen molar-refractivity contribution in [3.8, 4) is 5.75 Å². The number of ketones is 4. The third kappa shape index (κ3) is 3.30. The molecular formula is C25H31N3O8. The molecule has 11 nitrogen and oxygen atoms in total. The number of fused-ring (bicyclic) bond motifs is 3. The number of nitrogens with zero attached hydrogens (tertiary/aromatic N) is 2. The second kappa shape index (κ2) is 8.55. The van der Waals surface area contributed by atoms with Crippen LogP contribution in [0.2, 0.25) is 0 Å².